The Morgan fingerprint density at radius 2 is 2.50 bits per heavy atom. The predicted molar refractivity (Wildman–Crippen MR) is 55.9 cm³/mol. The Kier molecular flexibility index (Phi) is 4.56. The summed E-state index contributed by atoms with van der Waals surface area (Å²) in [7, 11) is 1.68. The largest absolute Gasteiger partial charge is 0.380 e. The van der Waals surface area contributed by atoms with Crippen molar-refractivity contribution in [1.29, 1.82) is 0 Å². The fourth-order valence-electron chi connectivity index (χ4n) is 1.62. The lowest BCUT2D eigenvalue weighted by Crippen LogP contribution is -2.22. The molecule has 0 aromatic rings. The van der Waals surface area contributed by atoms with Crippen LogP contribution >= 0.6 is 0 Å². The molecule has 1 unspecified atom stereocenters. The molecule has 0 aromatic heterocycles. The lowest BCUT2D eigenvalue weighted by molar-refractivity contribution is -0.108. The van der Waals surface area contributed by atoms with Crippen LogP contribution in [0.3, 0.4) is 0 Å². The first kappa shape index (κ1) is 11.1. The van der Waals surface area contributed by atoms with Crippen LogP contribution in [0.15, 0.2) is 23.3 Å². The van der Waals surface area contributed by atoms with E-state index in [4.69, 9.17) is 10.5 Å². The first-order valence-corrected chi connectivity index (χ1v) is 4.84. The predicted octanol–water partition coefficient (Wildman–Crippen LogP) is 1.20. The van der Waals surface area contributed by atoms with Crippen molar-refractivity contribution in [3.8, 4) is 0 Å². The highest BCUT2D eigenvalue weighted by Crippen LogP contribution is 2.20. The van der Waals surface area contributed by atoms with Crippen LogP contribution < -0.4 is 5.73 Å². The van der Waals surface area contributed by atoms with E-state index in [2.05, 4.69) is 12.2 Å². The molecule has 78 valence electrons. The van der Waals surface area contributed by atoms with Crippen LogP contribution in [0, 0.1) is 0 Å². The molecule has 0 fully saturated rings. The van der Waals surface area contributed by atoms with Crippen LogP contribution in [-0.4, -0.2) is 26.0 Å². The third-order valence-corrected chi connectivity index (χ3v) is 2.25. The van der Waals surface area contributed by atoms with Gasteiger partial charge in [-0.3, -0.25) is 0 Å². The summed E-state index contributed by atoms with van der Waals surface area (Å²) in [4.78, 5) is 10.4. The zero-order chi connectivity index (χ0) is 10.4. The maximum Gasteiger partial charge on any atom is 0.137 e. The maximum atomic E-state index is 10.4. The molecule has 14 heavy (non-hydrogen) atoms. The van der Waals surface area contributed by atoms with Gasteiger partial charge in [0.1, 0.15) is 6.29 Å². The van der Waals surface area contributed by atoms with Crippen molar-refractivity contribution in [3.05, 3.63) is 23.3 Å². The Morgan fingerprint density at radius 3 is 3.14 bits per heavy atom. The van der Waals surface area contributed by atoms with Gasteiger partial charge >= 0.3 is 0 Å². The van der Waals surface area contributed by atoms with E-state index in [0.717, 1.165) is 19.1 Å². The molecule has 3 nitrogen and oxygen atoms in total. The van der Waals surface area contributed by atoms with E-state index < -0.39 is 0 Å². The molecule has 0 spiro atoms. The third kappa shape index (κ3) is 3.44. The lowest BCUT2D eigenvalue weighted by Gasteiger charge is -2.14. The molecule has 2 N–H and O–H groups in total. The van der Waals surface area contributed by atoms with Crippen LogP contribution in [0.25, 0.3) is 0 Å². The summed E-state index contributed by atoms with van der Waals surface area (Å²) >= 11 is 0. The van der Waals surface area contributed by atoms with Crippen LogP contribution in [0.5, 0.6) is 0 Å². The molecule has 0 saturated heterocycles. The number of rotatable bonds is 5. The van der Waals surface area contributed by atoms with Gasteiger partial charge in [-0.1, -0.05) is 17.7 Å². The summed E-state index contributed by atoms with van der Waals surface area (Å²) in [5.41, 5.74) is 8.00. The van der Waals surface area contributed by atoms with E-state index >= 15 is 0 Å². The molecule has 0 aliphatic heterocycles. The smallest absolute Gasteiger partial charge is 0.137 e. The molecule has 0 bridgehead atoms. The minimum absolute atomic E-state index is 0.358. The number of aldehydes is 1. The summed E-state index contributed by atoms with van der Waals surface area (Å²) in [6, 6.07) is -0.358. The van der Waals surface area contributed by atoms with Crippen molar-refractivity contribution in [2.75, 3.05) is 13.7 Å². The van der Waals surface area contributed by atoms with E-state index in [1.54, 1.807) is 7.11 Å². The molecular weight excluding hydrogens is 178 g/mol. The zero-order valence-electron chi connectivity index (χ0n) is 8.53. The van der Waals surface area contributed by atoms with Crippen LogP contribution in [0.4, 0.5) is 0 Å². The van der Waals surface area contributed by atoms with Gasteiger partial charge in [0.15, 0.2) is 0 Å². The first-order valence-electron chi connectivity index (χ1n) is 4.84. The van der Waals surface area contributed by atoms with Gasteiger partial charge in [0, 0.05) is 7.11 Å². The zero-order valence-corrected chi connectivity index (χ0v) is 8.53. The van der Waals surface area contributed by atoms with Gasteiger partial charge < -0.3 is 15.3 Å². The summed E-state index contributed by atoms with van der Waals surface area (Å²) in [5, 5.41) is 0. The Hall–Kier alpha value is -0.930. The normalized spacial score (nSPS) is 18.4. The highest BCUT2D eigenvalue weighted by molar-refractivity contribution is 5.57. The molecule has 0 saturated carbocycles. The molecule has 1 atom stereocenters. The minimum Gasteiger partial charge on any atom is -0.380 e. The fraction of sp³-hybridized carbons (Fsp3) is 0.545. The first-order chi connectivity index (χ1) is 6.76. The van der Waals surface area contributed by atoms with Gasteiger partial charge in [-0.25, -0.2) is 0 Å². The fourth-order valence-corrected chi connectivity index (χ4v) is 1.62. The number of hydrogen-bond acceptors (Lipinski definition) is 3. The van der Waals surface area contributed by atoms with E-state index in [1.165, 1.54) is 11.1 Å². The Labute approximate surface area is 84.6 Å². The quantitative estimate of drug-likeness (QED) is 0.670. The van der Waals surface area contributed by atoms with Crippen molar-refractivity contribution < 1.29 is 9.53 Å². The number of ether oxygens (including phenoxy) is 1. The summed E-state index contributed by atoms with van der Waals surface area (Å²) in [6.45, 7) is 0.639. The van der Waals surface area contributed by atoms with E-state index in [1.807, 2.05) is 0 Å². The lowest BCUT2D eigenvalue weighted by atomic mass is 9.95. The molecule has 3 heteroatoms. The second kappa shape index (κ2) is 5.73. The molecular formula is C11H17NO2. The van der Waals surface area contributed by atoms with Crippen molar-refractivity contribution in [3.63, 3.8) is 0 Å². The molecule has 0 heterocycles. The Balaban J connectivity index is 2.53. The van der Waals surface area contributed by atoms with E-state index in [-0.39, 0.29) is 6.04 Å². The number of carbonyl (C=O) groups excluding carboxylic acids is 1. The van der Waals surface area contributed by atoms with Crippen LogP contribution in [0.1, 0.15) is 19.3 Å². The molecule has 0 aromatic carbocycles. The number of carbonyl (C=O) groups is 1. The van der Waals surface area contributed by atoms with E-state index in [0.29, 0.717) is 13.0 Å². The average Bonchev–Trinajstić information content (AvgIpc) is 2.19. The molecule has 1 aliphatic rings. The minimum atomic E-state index is -0.358. The third-order valence-electron chi connectivity index (χ3n) is 2.25. The van der Waals surface area contributed by atoms with Crippen molar-refractivity contribution in [2.24, 2.45) is 5.73 Å². The SMILES string of the molecule is COCC1=CCCC(CC(N)C=O)=C1. The maximum absolute atomic E-state index is 10.4. The number of allylic oxidation sites excluding steroid dienone is 1. The van der Waals surface area contributed by atoms with Gasteiger partial charge in [0.25, 0.3) is 0 Å². The average molecular weight is 195 g/mol. The topological polar surface area (TPSA) is 52.3 Å². The number of nitrogens with two attached hydrogens (primary N) is 1. The van der Waals surface area contributed by atoms with Crippen LogP contribution in [0.2, 0.25) is 0 Å². The molecule has 0 radical (unpaired) electrons. The second-order valence-corrected chi connectivity index (χ2v) is 3.56. The molecule has 1 rings (SSSR count). The second-order valence-electron chi connectivity index (χ2n) is 3.56. The number of hydrogen-bond donors (Lipinski definition) is 1. The standard InChI is InChI=1S/C11H17NO2/c1-14-8-10-4-2-3-9(5-10)6-11(12)7-13/h4-5,7,11H,2-3,6,8,12H2,1H3. The Bertz CT molecular complexity index is 256. The van der Waals surface area contributed by atoms with Gasteiger partial charge in [-0.05, 0) is 24.8 Å². The molecule has 1 aliphatic carbocycles. The summed E-state index contributed by atoms with van der Waals surface area (Å²) in [5.74, 6) is 0. The van der Waals surface area contributed by atoms with Gasteiger partial charge in [0.2, 0.25) is 0 Å². The Morgan fingerprint density at radius 1 is 1.71 bits per heavy atom. The van der Waals surface area contributed by atoms with Crippen molar-refractivity contribution in [2.45, 2.75) is 25.3 Å². The van der Waals surface area contributed by atoms with E-state index in [9.17, 15) is 4.79 Å². The summed E-state index contributed by atoms with van der Waals surface area (Å²) < 4.78 is 5.05. The van der Waals surface area contributed by atoms with Crippen LogP contribution in [-0.2, 0) is 9.53 Å². The van der Waals surface area contributed by atoms with Gasteiger partial charge in [-0.2, -0.15) is 0 Å². The summed E-state index contributed by atoms with van der Waals surface area (Å²) in [6.07, 6.45) is 7.76. The highest BCUT2D eigenvalue weighted by Gasteiger charge is 2.09. The van der Waals surface area contributed by atoms with Gasteiger partial charge in [-0.15, -0.1) is 0 Å². The van der Waals surface area contributed by atoms with Crippen molar-refractivity contribution in [1.82, 2.24) is 0 Å². The number of methoxy groups -OCH3 is 1. The highest BCUT2D eigenvalue weighted by atomic mass is 16.5. The van der Waals surface area contributed by atoms with Crippen molar-refractivity contribution >= 4 is 6.29 Å². The molecule has 0 amide bonds. The monoisotopic (exact) mass is 195 g/mol. The van der Waals surface area contributed by atoms with Gasteiger partial charge in [0.05, 0.1) is 12.6 Å².